The maximum Gasteiger partial charge on any atom is 0.311 e. The summed E-state index contributed by atoms with van der Waals surface area (Å²) in [7, 11) is 1.34. The first-order chi connectivity index (χ1) is 8.60. The SMILES string of the molecule is CCCCC(C(=O)OC)C(O)c1cccc(Cl)c1. The van der Waals surface area contributed by atoms with Gasteiger partial charge < -0.3 is 9.84 Å². The average Bonchev–Trinajstić information content (AvgIpc) is 2.38. The smallest absolute Gasteiger partial charge is 0.311 e. The van der Waals surface area contributed by atoms with E-state index < -0.39 is 12.0 Å². The molecule has 0 heterocycles. The molecule has 0 saturated heterocycles. The normalized spacial score (nSPS) is 14.0. The van der Waals surface area contributed by atoms with Crippen LogP contribution in [-0.2, 0) is 9.53 Å². The molecule has 0 spiro atoms. The monoisotopic (exact) mass is 270 g/mol. The van der Waals surface area contributed by atoms with Gasteiger partial charge in [0.15, 0.2) is 0 Å². The number of carbonyl (C=O) groups is 1. The highest BCUT2D eigenvalue weighted by Crippen LogP contribution is 2.28. The third-order valence-corrected chi connectivity index (χ3v) is 3.18. The zero-order valence-electron chi connectivity index (χ0n) is 10.7. The Hall–Kier alpha value is -1.06. The van der Waals surface area contributed by atoms with Gasteiger partial charge >= 0.3 is 5.97 Å². The Kier molecular flexibility index (Phi) is 6.16. The Balaban J connectivity index is 2.87. The molecule has 0 aliphatic heterocycles. The number of esters is 1. The van der Waals surface area contributed by atoms with Crippen LogP contribution in [-0.4, -0.2) is 18.2 Å². The van der Waals surface area contributed by atoms with Crippen molar-refractivity contribution in [3.63, 3.8) is 0 Å². The molecule has 0 aliphatic rings. The predicted octanol–water partition coefficient (Wildman–Crippen LogP) is 3.35. The largest absolute Gasteiger partial charge is 0.469 e. The Morgan fingerprint density at radius 1 is 1.50 bits per heavy atom. The first-order valence-corrected chi connectivity index (χ1v) is 6.49. The molecule has 1 aromatic carbocycles. The fourth-order valence-electron chi connectivity index (χ4n) is 1.90. The van der Waals surface area contributed by atoms with Crippen LogP contribution in [0.1, 0.15) is 37.9 Å². The molecule has 0 fully saturated rings. The molecule has 2 unspecified atom stereocenters. The van der Waals surface area contributed by atoms with Crippen molar-refractivity contribution in [1.29, 1.82) is 0 Å². The molecular formula is C14H19ClO3. The molecule has 1 aromatic rings. The van der Waals surface area contributed by atoms with Crippen molar-refractivity contribution in [1.82, 2.24) is 0 Å². The fraction of sp³-hybridized carbons (Fsp3) is 0.500. The standard InChI is InChI=1S/C14H19ClO3/c1-3-4-8-12(14(17)18-2)13(16)10-6-5-7-11(15)9-10/h5-7,9,12-13,16H,3-4,8H2,1-2H3. The summed E-state index contributed by atoms with van der Waals surface area (Å²) in [4.78, 5) is 11.7. The number of halogens is 1. The second-order valence-electron chi connectivity index (χ2n) is 4.27. The Morgan fingerprint density at radius 2 is 2.22 bits per heavy atom. The predicted molar refractivity (Wildman–Crippen MR) is 71.4 cm³/mol. The van der Waals surface area contributed by atoms with E-state index >= 15 is 0 Å². The fourth-order valence-corrected chi connectivity index (χ4v) is 2.10. The highest BCUT2D eigenvalue weighted by molar-refractivity contribution is 6.30. The van der Waals surface area contributed by atoms with E-state index in [2.05, 4.69) is 0 Å². The minimum absolute atomic E-state index is 0.379. The quantitative estimate of drug-likeness (QED) is 0.807. The second-order valence-corrected chi connectivity index (χ2v) is 4.71. The molecule has 0 aliphatic carbocycles. The van der Waals surface area contributed by atoms with Crippen LogP contribution in [0.4, 0.5) is 0 Å². The van der Waals surface area contributed by atoms with Crippen LogP contribution >= 0.6 is 11.6 Å². The molecule has 0 amide bonds. The van der Waals surface area contributed by atoms with Gasteiger partial charge in [0.2, 0.25) is 0 Å². The molecule has 100 valence electrons. The summed E-state index contributed by atoms with van der Waals surface area (Å²) < 4.78 is 4.75. The molecular weight excluding hydrogens is 252 g/mol. The molecule has 4 heteroatoms. The maximum absolute atomic E-state index is 11.7. The molecule has 18 heavy (non-hydrogen) atoms. The van der Waals surface area contributed by atoms with Gasteiger partial charge in [0, 0.05) is 5.02 Å². The van der Waals surface area contributed by atoms with Crippen molar-refractivity contribution >= 4 is 17.6 Å². The van der Waals surface area contributed by atoms with Gasteiger partial charge in [-0.1, -0.05) is 43.5 Å². The summed E-state index contributed by atoms with van der Waals surface area (Å²) in [5.41, 5.74) is 0.647. The number of methoxy groups -OCH3 is 1. The first kappa shape index (κ1) is 15.0. The first-order valence-electron chi connectivity index (χ1n) is 6.11. The third-order valence-electron chi connectivity index (χ3n) is 2.94. The van der Waals surface area contributed by atoms with E-state index in [4.69, 9.17) is 16.3 Å². The van der Waals surface area contributed by atoms with Crippen LogP contribution < -0.4 is 0 Å². The van der Waals surface area contributed by atoms with Crippen molar-refractivity contribution in [3.05, 3.63) is 34.9 Å². The molecule has 0 saturated carbocycles. The van der Waals surface area contributed by atoms with Gasteiger partial charge in [-0.25, -0.2) is 0 Å². The molecule has 2 atom stereocenters. The van der Waals surface area contributed by atoms with Crippen molar-refractivity contribution in [2.75, 3.05) is 7.11 Å². The number of benzene rings is 1. The molecule has 0 bridgehead atoms. The number of unbranched alkanes of at least 4 members (excludes halogenated alkanes) is 1. The topological polar surface area (TPSA) is 46.5 Å². The van der Waals surface area contributed by atoms with Gasteiger partial charge in [-0.2, -0.15) is 0 Å². The average molecular weight is 271 g/mol. The van der Waals surface area contributed by atoms with E-state index in [1.165, 1.54) is 7.11 Å². The molecule has 1 N–H and O–H groups in total. The van der Waals surface area contributed by atoms with E-state index in [1.54, 1.807) is 24.3 Å². The van der Waals surface area contributed by atoms with Crippen molar-refractivity contribution < 1.29 is 14.6 Å². The number of hydrogen-bond acceptors (Lipinski definition) is 3. The van der Waals surface area contributed by atoms with Gasteiger partial charge in [0.25, 0.3) is 0 Å². The number of aliphatic hydroxyl groups is 1. The lowest BCUT2D eigenvalue weighted by atomic mass is 9.91. The van der Waals surface area contributed by atoms with Crippen molar-refractivity contribution in [2.45, 2.75) is 32.3 Å². The molecule has 0 aromatic heterocycles. The van der Waals surface area contributed by atoms with Crippen molar-refractivity contribution in [3.8, 4) is 0 Å². The van der Waals surface area contributed by atoms with Gasteiger partial charge in [-0.15, -0.1) is 0 Å². The summed E-state index contributed by atoms with van der Waals surface area (Å²) in [5, 5.41) is 10.8. The van der Waals surface area contributed by atoms with Crippen LogP contribution in [0.25, 0.3) is 0 Å². The van der Waals surface area contributed by atoms with Gasteiger partial charge in [-0.05, 0) is 24.1 Å². The summed E-state index contributed by atoms with van der Waals surface area (Å²) in [6, 6.07) is 6.93. The van der Waals surface area contributed by atoms with E-state index in [0.717, 1.165) is 12.8 Å². The van der Waals surface area contributed by atoms with Crippen LogP contribution in [0.2, 0.25) is 5.02 Å². The molecule has 0 radical (unpaired) electrons. The lowest BCUT2D eigenvalue weighted by Gasteiger charge is -2.21. The van der Waals surface area contributed by atoms with Crippen LogP contribution in [0.15, 0.2) is 24.3 Å². The minimum atomic E-state index is -0.873. The van der Waals surface area contributed by atoms with E-state index in [0.29, 0.717) is 17.0 Å². The number of rotatable bonds is 6. The second kappa shape index (κ2) is 7.39. The van der Waals surface area contributed by atoms with Crippen LogP contribution in [0.5, 0.6) is 0 Å². The zero-order valence-corrected chi connectivity index (χ0v) is 11.5. The Morgan fingerprint density at radius 3 is 2.78 bits per heavy atom. The van der Waals surface area contributed by atoms with Gasteiger partial charge in [0.1, 0.15) is 0 Å². The molecule has 3 nitrogen and oxygen atoms in total. The van der Waals surface area contributed by atoms with Crippen molar-refractivity contribution in [2.24, 2.45) is 5.92 Å². The van der Waals surface area contributed by atoms with E-state index in [-0.39, 0.29) is 5.97 Å². The number of ether oxygens (including phenoxy) is 1. The van der Waals surface area contributed by atoms with E-state index in [1.807, 2.05) is 6.92 Å². The highest BCUT2D eigenvalue weighted by atomic mass is 35.5. The lowest BCUT2D eigenvalue weighted by Crippen LogP contribution is -2.23. The minimum Gasteiger partial charge on any atom is -0.469 e. The summed E-state index contributed by atoms with van der Waals surface area (Å²) in [6.45, 7) is 2.04. The lowest BCUT2D eigenvalue weighted by molar-refractivity contribution is -0.150. The van der Waals surface area contributed by atoms with Crippen LogP contribution in [0, 0.1) is 5.92 Å². The highest BCUT2D eigenvalue weighted by Gasteiger charge is 2.28. The van der Waals surface area contributed by atoms with Crippen LogP contribution in [0.3, 0.4) is 0 Å². The van der Waals surface area contributed by atoms with E-state index in [9.17, 15) is 9.90 Å². The summed E-state index contributed by atoms with van der Waals surface area (Å²) in [5.74, 6) is -0.913. The maximum atomic E-state index is 11.7. The van der Waals surface area contributed by atoms with Gasteiger partial charge in [0.05, 0.1) is 19.1 Å². The Bertz CT molecular complexity index is 392. The third kappa shape index (κ3) is 4.00. The zero-order chi connectivity index (χ0) is 13.5. The molecule has 1 rings (SSSR count). The summed E-state index contributed by atoms with van der Waals surface area (Å²) >= 11 is 5.88. The summed E-state index contributed by atoms with van der Waals surface area (Å²) in [6.07, 6.45) is 1.58. The number of carbonyl (C=O) groups excluding carboxylic acids is 1. The Labute approximate surface area is 113 Å². The van der Waals surface area contributed by atoms with Gasteiger partial charge in [-0.3, -0.25) is 4.79 Å². The number of hydrogen-bond donors (Lipinski definition) is 1. The number of aliphatic hydroxyl groups excluding tert-OH is 1.